The molecule has 0 atom stereocenters. The molecule has 16 heavy (non-hydrogen) atoms. The molecule has 1 aromatic heterocycles. The average Bonchev–Trinajstić information content (AvgIpc) is 2.56. The van der Waals surface area contributed by atoms with Crippen LogP contribution in [0.2, 0.25) is 0 Å². The van der Waals surface area contributed by atoms with Crippen LogP contribution in [-0.4, -0.2) is 42.6 Å². The Morgan fingerprint density at radius 3 is 3.12 bits per heavy atom. The summed E-state index contributed by atoms with van der Waals surface area (Å²) in [5.74, 6) is 0.387. The molecule has 1 aliphatic rings. The van der Waals surface area contributed by atoms with Gasteiger partial charge in [0.15, 0.2) is 0 Å². The summed E-state index contributed by atoms with van der Waals surface area (Å²) in [4.78, 5) is 10.4. The van der Waals surface area contributed by atoms with E-state index < -0.39 is 0 Å². The van der Waals surface area contributed by atoms with Crippen LogP contribution in [0.5, 0.6) is 5.88 Å². The molecule has 88 valence electrons. The Bertz CT molecular complexity index is 362. The fourth-order valence-corrected chi connectivity index (χ4v) is 1.29. The van der Waals surface area contributed by atoms with E-state index in [-0.39, 0.29) is 6.10 Å². The van der Waals surface area contributed by atoms with Crippen LogP contribution < -0.4 is 10.1 Å². The number of rotatable bonds is 6. The van der Waals surface area contributed by atoms with E-state index in [1.54, 1.807) is 18.0 Å². The van der Waals surface area contributed by atoms with Crippen molar-refractivity contribution in [2.45, 2.75) is 12.8 Å². The van der Waals surface area contributed by atoms with Crippen molar-refractivity contribution in [2.75, 3.05) is 25.6 Å². The highest BCUT2D eigenvalue weighted by molar-refractivity contribution is 5.73. The first-order chi connectivity index (χ1) is 7.83. The number of nitrogens with zero attached hydrogens (tertiary/aromatic N) is 2. The van der Waals surface area contributed by atoms with Gasteiger partial charge in [-0.2, -0.15) is 0 Å². The molecular weight excluding hydrogens is 214 g/mol. The van der Waals surface area contributed by atoms with Crippen molar-refractivity contribution in [2.24, 2.45) is 0 Å². The summed E-state index contributed by atoms with van der Waals surface area (Å²) in [5, 5.41) is 6.66. The van der Waals surface area contributed by atoms with Crippen LogP contribution >= 0.6 is 0 Å². The molecule has 1 N–H and O–H groups in total. The van der Waals surface area contributed by atoms with E-state index in [4.69, 9.17) is 14.2 Å². The zero-order chi connectivity index (χ0) is 11.4. The molecule has 1 fully saturated rings. The van der Waals surface area contributed by atoms with Crippen LogP contribution in [0.4, 0.5) is 5.69 Å². The topological polar surface area (TPSA) is 74.6 Å². The van der Waals surface area contributed by atoms with Crippen LogP contribution in [0.25, 0.3) is 0 Å². The zero-order valence-corrected chi connectivity index (χ0v) is 8.88. The standard InChI is InChI=1S/C9H13N3O4/c1-14-6-12-2-8(10-5-13)9(11-12)16-7-3-15-4-7/h2,5,7H,3-4,6H2,1H3,(H,10,13). The molecule has 0 aromatic carbocycles. The summed E-state index contributed by atoms with van der Waals surface area (Å²) in [5.41, 5.74) is 0.527. The smallest absolute Gasteiger partial charge is 0.257 e. The highest BCUT2D eigenvalue weighted by Gasteiger charge is 2.23. The highest BCUT2D eigenvalue weighted by Crippen LogP contribution is 2.24. The van der Waals surface area contributed by atoms with Crippen molar-refractivity contribution >= 4 is 12.1 Å². The Balaban J connectivity index is 2.08. The maximum atomic E-state index is 10.4. The molecule has 0 bridgehead atoms. The number of anilines is 1. The van der Waals surface area contributed by atoms with Gasteiger partial charge in [0.1, 0.15) is 18.5 Å². The number of carbonyl (C=O) groups excluding carboxylic acids is 1. The summed E-state index contributed by atoms with van der Waals surface area (Å²) in [6.07, 6.45) is 2.24. The van der Waals surface area contributed by atoms with Gasteiger partial charge < -0.3 is 19.5 Å². The van der Waals surface area contributed by atoms with Gasteiger partial charge in [0.05, 0.1) is 19.4 Å². The highest BCUT2D eigenvalue weighted by atomic mass is 16.6. The number of methoxy groups -OCH3 is 1. The molecule has 0 radical (unpaired) electrons. The number of hydrogen-bond donors (Lipinski definition) is 1. The predicted molar refractivity (Wildman–Crippen MR) is 54.2 cm³/mol. The first-order valence-electron chi connectivity index (χ1n) is 4.84. The molecule has 2 heterocycles. The predicted octanol–water partition coefficient (Wildman–Crippen LogP) is -0.167. The van der Waals surface area contributed by atoms with Gasteiger partial charge in [-0.3, -0.25) is 4.79 Å². The van der Waals surface area contributed by atoms with Gasteiger partial charge in [-0.15, -0.1) is 5.10 Å². The lowest BCUT2D eigenvalue weighted by atomic mass is 10.3. The van der Waals surface area contributed by atoms with Gasteiger partial charge in [0.2, 0.25) is 6.41 Å². The third-order valence-corrected chi connectivity index (χ3v) is 2.09. The van der Waals surface area contributed by atoms with Crippen LogP contribution in [0.3, 0.4) is 0 Å². The summed E-state index contributed by atoms with van der Waals surface area (Å²) in [7, 11) is 1.56. The Morgan fingerprint density at radius 2 is 2.56 bits per heavy atom. The molecular formula is C9H13N3O4. The zero-order valence-electron chi connectivity index (χ0n) is 8.88. The minimum atomic E-state index is 0.0121. The molecule has 0 saturated carbocycles. The Morgan fingerprint density at radius 1 is 1.75 bits per heavy atom. The molecule has 1 aliphatic heterocycles. The second-order valence-corrected chi connectivity index (χ2v) is 3.34. The van der Waals surface area contributed by atoms with Crippen molar-refractivity contribution in [1.82, 2.24) is 9.78 Å². The molecule has 1 aromatic rings. The third-order valence-electron chi connectivity index (χ3n) is 2.09. The summed E-state index contributed by atoms with van der Waals surface area (Å²) in [6, 6.07) is 0. The van der Waals surface area contributed by atoms with Crippen LogP contribution in [0.15, 0.2) is 6.20 Å². The van der Waals surface area contributed by atoms with E-state index in [1.165, 1.54) is 0 Å². The third kappa shape index (κ3) is 2.31. The second kappa shape index (κ2) is 4.95. The number of carbonyl (C=O) groups is 1. The summed E-state index contributed by atoms with van der Waals surface area (Å²) in [6.45, 7) is 1.41. The van der Waals surface area contributed by atoms with E-state index in [2.05, 4.69) is 10.4 Å². The Kier molecular flexibility index (Phi) is 3.37. The van der Waals surface area contributed by atoms with Crippen molar-refractivity contribution < 1.29 is 19.0 Å². The molecule has 7 nitrogen and oxygen atoms in total. The van der Waals surface area contributed by atoms with Crippen LogP contribution in [-0.2, 0) is 21.0 Å². The van der Waals surface area contributed by atoms with Crippen LogP contribution in [0.1, 0.15) is 0 Å². The number of nitrogens with one attached hydrogen (secondary N) is 1. The molecule has 1 amide bonds. The molecule has 0 spiro atoms. The van der Waals surface area contributed by atoms with Crippen molar-refractivity contribution in [3.63, 3.8) is 0 Å². The maximum Gasteiger partial charge on any atom is 0.257 e. The van der Waals surface area contributed by atoms with Crippen molar-refractivity contribution in [3.05, 3.63) is 6.20 Å². The summed E-state index contributed by atoms with van der Waals surface area (Å²) < 4.78 is 17.0. The second-order valence-electron chi connectivity index (χ2n) is 3.34. The van der Waals surface area contributed by atoms with Gasteiger partial charge in [0.25, 0.3) is 5.88 Å². The average molecular weight is 227 g/mol. The first-order valence-corrected chi connectivity index (χ1v) is 4.84. The summed E-state index contributed by atoms with van der Waals surface area (Å²) >= 11 is 0. The fourth-order valence-electron chi connectivity index (χ4n) is 1.29. The molecule has 0 unspecified atom stereocenters. The number of amides is 1. The van der Waals surface area contributed by atoms with Crippen molar-refractivity contribution in [1.29, 1.82) is 0 Å². The largest absolute Gasteiger partial charge is 0.467 e. The quantitative estimate of drug-likeness (QED) is 0.683. The lowest BCUT2D eigenvalue weighted by Gasteiger charge is -2.25. The van der Waals surface area contributed by atoms with E-state index in [1.807, 2.05) is 0 Å². The molecule has 1 saturated heterocycles. The monoisotopic (exact) mass is 227 g/mol. The van der Waals surface area contributed by atoms with E-state index in [0.717, 1.165) is 0 Å². The van der Waals surface area contributed by atoms with Gasteiger partial charge in [-0.05, 0) is 0 Å². The van der Waals surface area contributed by atoms with E-state index >= 15 is 0 Å². The fraction of sp³-hybridized carbons (Fsp3) is 0.556. The minimum Gasteiger partial charge on any atom is -0.467 e. The Hall–Kier alpha value is -1.60. The van der Waals surface area contributed by atoms with Gasteiger partial charge in [-0.1, -0.05) is 0 Å². The lowest BCUT2D eigenvalue weighted by Crippen LogP contribution is -2.38. The molecule has 7 heteroatoms. The lowest BCUT2D eigenvalue weighted by molar-refractivity contribution is -0.105. The van der Waals surface area contributed by atoms with Crippen molar-refractivity contribution in [3.8, 4) is 5.88 Å². The van der Waals surface area contributed by atoms with E-state index in [0.29, 0.717) is 37.9 Å². The number of hydrogen-bond acceptors (Lipinski definition) is 5. The first kappa shape index (κ1) is 10.9. The number of ether oxygens (including phenoxy) is 3. The Labute approximate surface area is 92.3 Å². The normalized spacial score (nSPS) is 15.6. The molecule has 2 rings (SSSR count). The van der Waals surface area contributed by atoms with E-state index in [9.17, 15) is 4.79 Å². The van der Waals surface area contributed by atoms with Crippen LogP contribution in [0, 0.1) is 0 Å². The SMILES string of the molecule is COCn1cc(NC=O)c(OC2COC2)n1. The minimum absolute atomic E-state index is 0.0121. The number of aromatic nitrogens is 2. The van der Waals surface area contributed by atoms with Gasteiger partial charge >= 0.3 is 0 Å². The van der Waals surface area contributed by atoms with Gasteiger partial charge in [-0.25, -0.2) is 4.68 Å². The molecule has 0 aliphatic carbocycles. The van der Waals surface area contributed by atoms with Gasteiger partial charge in [0, 0.05) is 7.11 Å². The maximum absolute atomic E-state index is 10.4.